The minimum absolute atomic E-state index is 1.00. The van der Waals surface area contributed by atoms with Crippen LogP contribution in [-0.2, 0) is 6.42 Å². The van der Waals surface area contributed by atoms with Gasteiger partial charge in [-0.1, -0.05) is 25.7 Å². The number of allylic oxidation sites excluding steroid dienone is 2. The standard InChI is InChI=1S/C13H17N/c1-5-7-12-8-11(6-2)9-14-13(12)10(3)4/h5,7-9H,3,6H2,1-2,4H3/b7-5-. The second-order valence-electron chi connectivity index (χ2n) is 3.42. The molecular formula is C13H17N. The summed E-state index contributed by atoms with van der Waals surface area (Å²) in [5, 5.41) is 0. The Morgan fingerprint density at radius 3 is 2.79 bits per heavy atom. The molecule has 0 aliphatic heterocycles. The van der Waals surface area contributed by atoms with E-state index in [2.05, 4.69) is 30.6 Å². The zero-order valence-corrected chi connectivity index (χ0v) is 9.17. The predicted molar refractivity (Wildman–Crippen MR) is 63.0 cm³/mol. The Kier molecular flexibility index (Phi) is 3.63. The fraction of sp³-hybridized carbons (Fsp3) is 0.308. The topological polar surface area (TPSA) is 12.9 Å². The molecule has 0 aromatic carbocycles. The molecule has 1 nitrogen and oxygen atoms in total. The van der Waals surface area contributed by atoms with Gasteiger partial charge < -0.3 is 0 Å². The third-order valence-electron chi connectivity index (χ3n) is 2.13. The largest absolute Gasteiger partial charge is 0.256 e. The fourth-order valence-corrected chi connectivity index (χ4v) is 1.38. The minimum atomic E-state index is 1.00. The van der Waals surface area contributed by atoms with E-state index < -0.39 is 0 Å². The van der Waals surface area contributed by atoms with E-state index in [0.29, 0.717) is 0 Å². The fourth-order valence-electron chi connectivity index (χ4n) is 1.38. The molecule has 1 heterocycles. The highest BCUT2D eigenvalue weighted by Gasteiger charge is 2.02. The molecular weight excluding hydrogens is 170 g/mol. The Bertz CT molecular complexity index is 361. The van der Waals surface area contributed by atoms with Crippen molar-refractivity contribution in [3.05, 3.63) is 41.7 Å². The molecule has 0 saturated heterocycles. The molecule has 1 aromatic heterocycles. The Morgan fingerprint density at radius 1 is 1.57 bits per heavy atom. The summed E-state index contributed by atoms with van der Waals surface area (Å²) in [6.45, 7) is 10.1. The van der Waals surface area contributed by atoms with Gasteiger partial charge in [-0.2, -0.15) is 0 Å². The molecule has 0 bridgehead atoms. The van der Waals surface area contributed by atoms with Crippen molar-refractivity contribution in [1.29, 1.82) is 0 Å². The van der Waals surface area contributed by atoms with Gasteiger partial charge in [0.05, 0.1) is 5.69 Å². The van der Waals surface area contributed by atoms with Gasteiger partial charge in [0.25, 0.3) is 0 Å². The average molecular weight is 187 g/mol. The molecule has 0 spiro atoms. The third-order valence-corrected chi connectivity index (χ3v) is 2.13. The maximum atomic E-state index is 4.42. The second-order valence-corrected chi connectivity index (χ2v) is 3.42. The molecule has 0 amide bonds. The van der Waals surface area contributed by atoms with Gasteiger partial charge in [-0.15, -0.1) is 0 Å². The van der Waals surface area contributed by atoms with Crippen molar-refractivity contribution in [1.82, 2.24) is 4.98 Å². The number of rotatable bonds is 3. The predicted octanol–water partition coefficient (Wildman–Crippen LogP) is 3.71. The molecule has 74 valence electrons. The number of hydrogen-bond acceptors (Lipinski definition) is 1. The molecule has 0 radical (unpaired) electrons. The lowest BCUT2D eigenvalue weighted by molar-refractivity contribution is 1.09. The van der Waals surface area contributed by atoms with Gasteiger partial charge in [0.1, 0.15) is 0 Å². The highest BCUT2D eigenvalue weighted by atomic mass is 14.7. The molecule has 0 aliphatic carbocycles. The summed E-state index contributed by atoms with van der Waals surface area (Å²) in [5.74, 6) is 0. The van der Waals surface area contributed by atoms with Crippen molar-refractivity contribution in [3.8, 4) is 0 Å². The highest BCUT2D eigenvalue weighted by molar-refractivity contribution is 5.69. The van der Waals surface area contributed by atoms with E-state index in [1.807, 2.05) is 26.1 Å². The molecule has 0 aliphatic rings. The molecule has 0 atom stereocenters. The van der Waals surface area contributed by atoms with Crippen LogP contribution in [0.2, 0.25) is 0 Å². The van der Waals surface area contributed by atoms with Crippen LogP contribution in [0.3, 0.4) is 0 Å². The van der Waals surface area contributed by atoms with Gasteiger partial charge in [0.2, 0.25) is 0 Å². The molecule has 0 unspecified atom stereocenters. The second kappa shape index (κ2) is 4.75. The van der Waals surface area contributed by atoms with Crippen LogP contribution in [-0.4, -0.2) is 4.98 Å². The summed E-state index contributed by atoms with van der Waals surface area (Å²) >= 11 is 0. The highest BCUT2D eigenvalue weighted by Crippen LogP contribution is 2.17. The lowest BCUT2D eigenvalue weighted by Crippen LogP contribution is -1.93. The molecule has 1 rings (SSSR count). The maximum Gasteiger partial charge on any atom is 0.0725 e. The van der Waals surface area contributed by atoms with Gasteiger partial charge >= 0.3 is 0 Å². The molecule has 0 saturated carbocycles. The lowest BCUT2D eigenvalue weighted by Gasteiger charge is -2.06. The van der Waals surface area contributed by atoms with E-state index in [0.717, 1.165) is 17.7 Å². The van der Waals surface area contributed by atoms with Crippen LogP contribution in [0.15, 0.2) is 24.9 Å². The third kappa shape index (κ3) is 2.32. The number of aromatic nitrogens is 1. The first kappa shape index (κ1) is 10.7. The summed E-state index contributed by atoms with van der Waals surface area (Å²) in [6, 6.07) is 2.18. The summed E-state index contributed by atoms with van der Waals surface area (Å²) in [7, 11) is 0. The molecule has 14 heavy (non-hydrogen) atoms. The average Bonchev–Trinajstić information content (AvgIpc) is 2.17. The smallest absolute Gasteiger partial charge is 0.0725 e. The molecule has 1 heteroatoms. The van der Waals surface area contributed by atoms with Crippen molar-refractivity contribution in [2.24, 2.45) is 0 Å². The first-order chi connectivity index (χ1) is 6.69. The van der Waals surface area contributed by atoms with E-state index in [9.17, 15) is 0 Å². The van der Waals surface area contributed by atoms with Gasteiger partial charge in [-0.25, -0.2) is 0 Å². The van der Waals surface area contributed by atoms with Crippen LogP contribution in [0.4, 0.5) is 0 Å². The van der Waals surface area contributed by atoms with E-state index in [-0.39, 0.29) is 0 Å². The van der Waals surface area contributed by atoms with Crippen molar-refractivity contribution in [2.45, 2.75) is 27.2 Å². The van der Waals surface area contributed by atoms with E-state index in [4.69, 9.17) is 0 Å². The Morgan fingerprint density at radius 2 is 2.29 bits per heavy atom. The minimum Gasteiger partial charge on any atom is -0.256 e. The molecule has 0 N–H and O–H groups in total. The number of nitrogens with zero attached hydrogens (tertiary/aromatic N) is 1. The van der Waals surface area contributed by atoms with Crippen molar-refractivity contribution < 1.29 is 0 Å². The van der Waals surface area contributed by atoms with Crippen LogP contribution >= 0.6 is 0 Å². The van der Waals surface area contributed by atoms with E-state index in [1.54, 1.807) is 0 Å². The zero-order valence-electron chi connectivity index (χ0n) is 9.17. The number of hydrogen-bond donors (Lipinski definition) is 0. The van der Waals surface area contributed by atoms with E-state index >= 15 is 0 Å². The molecule has 1 aromatic rings. The Hall–Kier alpha value is -1.37. The molecule has 0 fully saturated rings. The zero-order chi connectivity index (χ0) is 10.6. The van der Waals surface area contributed by atoms with Crippen LogP contribution in [0.1, 0.15) is 37.6 Å². The number of aryl methyl sites for hydroxylation is 1. The van der Waals surface area contributed by atoms with Gasteiger partial charge in [-0.3, -0.25) is 4.98 Å². The van der Waals surface area contributed by atoms with Gasteiger partial charge in [0, 0.05) is 11.8 Å². The quantitative estimate of drug-likeness (QED) is 0.703. The van der Waals surface area contributed by atoms with Gasteiger partial charge in [-0.05, 0) is 37.5 Å². The number of pyridine rings is 1. The van der Waals surface area contributed by atoms with Crippen LogP contribution in [0, 0.1) is 0 Å². The summed E-state index contributed by atoms with van der Waals surface area (Å²) in [5.41, 5.74) is 4.45. The summed E-state index contributed by atoms with van der Waals surface area (Å²) in [4.78, 5) is 4.42. The Balaban J connectivity index is 3.23. The lowest BCUT2D eigenvalue weighted by atomic mass is 10.1. The Labute approximate surface area is 86.2 Å². The van der Waals surface area contributed by atoms with Crippen molar-refractivity contribution in [2.75, 3.05) is 0 Å². The first-order valence-corrected chi connectivity index (χ1v) is 4.96. The summed E-state index contributed by atoms with van der Waals surface area (Å²) in [6.07, 6.45) is 7.06. The first-order valence-electron chi connectivity index (χ1n) is 4.96. The normalized spacial score (nSPS) is 10.8. The van der Waals surface area contributed by atoms with Gasteiger partial charge in [0.15, 0.2) is 0 Å². The summed E-state index contributed by atoms with van der Waals surface area (Å²) < 4.78 is 0. The maximum absolute atomic E-state index is 4.42. The van der Waals surface area contributed by atoms with Crippen LogP contribution < -0.4 is 0 Å². The van der Waals surface area contributed by atoms with Crippen molar-refractivity contribution >= 4 is 11.6 Å². The van der Waals surface area contributed by atoms with Crippen LogP contribution in [0.25, 0.3) is 11.6 Å². The van der Waals surface area contributed by atoms with Crippen molar-refractivity contribution in [3.63, 3.8) is 0 Å². The van der Waals surface area contributed by atoms with E-state index in [1.165, 1.54) is 11.1 Å². The monoisotopic (exact) mass is 187 g/mol. The SMILES string of the molecule is C=C(C)c1ncc(CC)cc1/C=C\C. The van der Waals surface area contributed by atoms with Crippen LogP contribution in [0.5, 0.6) is 0 Å².